The van der Waals surface area contributed by atoms with Gasteiger partial charge in [-0.05, 0) is 29.2 Å². The summed E-state index contributed by atoms with van der Waals surface area (Å²) >= 11 is 1.82. The second-order valence-electron chi connectivity index (χ2n) is 9.77. The molecule has 0 unspecified atom stereocenters. The van der Waals surface area contributed by atoms with Gasteiger partial charge >= 0.3 is 0 Å². The third kappa shape index (κ3) is 3.37. The molecule has 1 atom stereocenters. The molecule has 2 N–H and O–H groups in total. The molecule has 9 heteroatoms. The zero-order valence-electron chi connectivity index (χ0n) is 19.6. The highest BCUT2D eigenvalue weighted by atomic mass is 32.2. The van der Waals surface area contributed by atoms with Gasteiger partial charge < -0.3 is 20.2 Å². The number of aromatic nitrogens is 1. The Kier molecular flexibility index (Phi) is 5.13. The Morgan fingerprint density at radius 3 is 2.69 bits per heavy atom. The van der Waals surface area contributed by atoms with E-state index < -0.39 is 11.2 Å². The van der Waals surface area contributed by atoms with Gasteiger partial charge in [0.15, 0.2) is 11.4 Å². The van der Waals surface area contributed by atoms with Gasteiger partial charge in [0, 0.05) is 41.9 Å². The molecule has 5 heterocycles. The Balaban J connectivity index is 1.35. The lowest BCUT2D eigenvalue weighted by atomic mass is 9.93. The van der Waals surface area contributed by atoms with Crippen molar-refractivity contribution in [2.24, 2.45) is 0 Å². The predicted octanol–water partition coefficient (Wildman–Crippen LogP) is 2.46. The molecule has 2 fully saturated rings. The maximum absolute atomic E-state index is 13.6. The number of ether oxygens (including phenoxy) is 1. The van der Waals surface area contributed by atoms with Crippen molar-refractivity contribution >= 4 is 17.7 Å². The molecule has 1 amide bonds. The van der Waals surface area contributed by atoms with Crippen LogP contribution < -0.4 is 10.9 Å². The number of fused-ring (bicyclic) bond motifs is 4. The molecular formula is C27H26N4O4S. The number of rotatable bonds is 2. The number of thioether (sulfide) groups is 1. The van der Waals surface area contributed by atoms with Crippen LogP contribution in [0.2, 0.25) is 0 Å². The fourth-order valence-corrected chi connectivity index (χ4v) is 6.77. The average molecular weight is 503 g/mol. The summed E-state index contributed by atoms with van der Waals surface area (Å²) in [5.74, 6) is 0.00590. The van der Waals surface area contributed by atoms with Gasteiger partial charge in [0.25, 0.3) is 5.91 Å². The lowest BCUT2D eigenvalue weighted by Gasteiger charge is -2.49. The molecule has 184 valence electrons. The van der Waals surface area contributed by atoms with Crippen LogP contribution in [0.25, 0.3) is 11.3 Å². The van der Waals surface area contributed by atoms with Crippen LogP contribution in [-0.2, 0) is 16.9 Å². The van der Waals surface area contributed by atoms with E-state index in [1.807, 2.05) is 23.9 Å². The van der Waals surface area contributed by atoms with Gasteiger partial charge in [-0.2, -0.15) is 0 Å². The highest BCUT2D eigenvalue weighted by Gasteiger charge is 2.41. The fraction of sp³-hybridized carbons (Fsp3) is 0.333. The minimum absolute atomic E-state index is 0.00942. The lowest BCUT2D eigenvalue weighted by molar-refractivity contribution is -0.0822. The first kappa shape index (κ1) is 22.0. The number of carbonyl (C=O) groups is 1. The number of hydrogen-bond donors (Lipinski definition) is 2. The van der Waals surface area contributed by atoms with E-state index in [9.17, 15) is 14.7 Å². The van der Waals surface area contributed by atoms with E-state index in [-0.39, 0.29) is 17.8 Å². The molecule has 0 saturated carbocycles. The van der Waals surface area contributed by atoms with Crippen LogP contribution in [0.3, 0.4) is 0 Å². The topological polar surface area (TPSA) is 87.0 Å². The SMILES string of the molecule is O=C1c2c(O)c(=O)cc(-c3cccc4c3Cc3ccccc3SC4)n2N[C@@H]2CN(C3COC3)CCN12. The third-order valence-corrected chi connectivity index (χ3v) is 8.92. The number of piperazine rings is 1. The molecule has 4 aliphatic heterocycles. The summed E-state index contributed by atoms with van der Waals surface area (Å²) in [6.45, 7) is 3.35. The number of pyridine rings is 1. The second kappa shape index (κ2) is 8.40. The number of hydrogen-bond acceptors (Lipinski definition) is 7. The summed E-state index contributed by atoms with van der Waals surface area (Å²) in [5, 5.41) is 10.7. The maximum Gasteiger partial charge on any atom is 0.278 e. The van der Waals surface area contributed by atoms with Crippen LogP contribution in [0.4, 0.5) is 0 Å². The Hall–Kier alpha value is -3.27. The summed E-state index contributed by atoms with van der Waals surface area (Å²) in [6.07, 6.45) is 0.469. The standard InChI is InChI=1S/C27H26N4O4S/c32-22-11-21(19-6-3-5-17-15-36-23-7-2-1-4-16(23)10-20(17)19)31-25(26(22)33)27(34)30-9-8-29(12-24(30)28-31)18-13-35-14-18/h1-7,11,18,24,28,33H,8-10,12-15H2/t24-/m0/s1. The summed E-state index contributed by atoms with van der Waals surface area (Å²) in [7, 11) is 0. The van der Waals surface area contributed by atoms with Crippen molar-refractivity contribution in [2.75, 3.05) is 38.3 Å². The predicted molar refractivity (Wildman–Crippen MR) is 137 cm³/mol. The van der Waals surface area contributed by atoms with Gasteiger partial charge in [0.1, 0.15) is 6.17 Å². The molecule has 36 heavy (non-hydrogen) atoms. The van der Waals surface area contributed by atoms with Crippen LogP contribution in [0.5, 0.6) is 5.75 Å². The van der Waals surface area contributed by atoms with E-state index in [1.165, 1.54) is 22.1 Å². The highest BCUT2D eigenvalue weighted by molar-refractivity contribution is 7.98. The van der Waals surface area contributed by atoms with E-state index in [1.54, 1.807) is 9.58 Å². The Morgan fingerprint density at radius 2 is 1.86 bits per heavy atom. The second-order valence-corrected chi connectivity index (χ2v) is 10.8. The average Bonchev–Trinajstić information content (AvgIpc) is 3.04. The molecule has 2 aromatic carbocycles. The summed E-state index contributed by atoms with van der Waals surface area (Å²) in [5.41, 5.74) is 8.04. The Bertz CT molecular complexity index is 1450. The first-order valence-electron chi connectivity index (χ1n) is 12.3. The summed E-state index contributed by atoms with van der Waals surface area (Å²) < 4.78 is 7.03. The van der Waals surface area contributed by atoms with Crippen LogP contribution in [0.15, 0.2) is 58.2 Å². The molecule has 4 aliphatic rings. The van der Waals surface area contributed by atoms with Crippen LogP contribution in [0, 0.1) is 0 Å². The molecule has 0 bridgehead atoms. The zero-order chi connectivity index (χ0) is 24.4. The number of nitrogens with zero attached hydrogens (tertiary/aromatic N) is 3. The van der Waals surface area contributed by atoms with Gasteiger partial charge in [0.2, 0.25) is 5.43 Å². The van der Waals surface area contributed by atoms with E-state index in [0.29, 0.717) is 38.0 Å². The van der Waals surface area contributed by atoms with Crippen LogP contribution in [-0.4, -0.2) is 70.5 Å². The smallest absolute Gasteiger partial charge is 0.278 e. The van der Waals surface area contributed by atoms with E-state index in [0.717, 1.165) is 29.8 Å². The van der Waals surface area contributed by atoms with Crippen molar-refractivity contribution in [2.45, 2.75) is 29.3 Å². The van der Waals surface area contributed by atoms with Gasteiger partial charge in [0.05, 0.1) is 24.9 Å². The molecule has 0 radical (unpaired) electrons. The number of amides is 1. The molecular weight excluding hydrogens is 476 g/mol. The number of carbonyl (C=O) groups excluding carboxylic acids is 1. The Morgan fingerprint density at radius 1 is 1.03 bits per heavy atom. The maximum atomic E-state index is 13.6. The van der Waals surface area contributed by atoms with Crippen molar-refractivity contribution in [3.8, 4) is 17.0 Å². The monoisotopic (exact) mass is 502 g/mol. The molecule has 0 spiro atoms. The minimum Gasteiger partial charge on any atom is -0.502 e. The molecule has 0 aliphatic carbocycles. The lowest BCUT2D eigenvalue weighted by Crippen LogP contribution is -2.66. The van der Waals surface area contributed by atoms with E-state index in [4.69, 9.17) is 4.74 Å². The van der Waals surface area contributed by atoms with Gasteiger partial charge in [-0.3, -0.25) is 14.5 Å². The van der Waals surface area contributed by atoms with Crippen molar-refractivity contribution in [1.29, 1.82) is 0 Å². The minimum atomic E-state index is -0.545. The van der Waals surface area contributed by atoms with Crippen molar-refractivity contribution in [3.05, 3.63) is 81.1 Å². The van der Waals surface area contributed by atoms with Crippen molar-refractivity contribution in [1.82, 2.24) is 14.5 Å². The first-order valence-corrected chi connectivity index (χ1v) is 13.3. The molecule has 3 aromatic rings. The third-order valence-electron chi connectivity index (χ3n) is 7.75. The van der Waals surface area contributed by atoms with Crippen LogP contribution in [0.1, 0.15) is 27.2 Å². The highest BCUT2D eigenvalue weighted by Crippen LogP contribution is 2.39. The quantitative estimate of drug-likeness (QED) is 0.557. The summed E-state index contributed by atoms with van der Waals surface area (Å²) in [4.78, 5) is 31.9. The molecule has 2 saturated heterocycles. The Labute approximate surface area is 212 Å². The first-order chi connectivity index (χ1) is 17.6. The largest absolute Gasteiger partial charge is 0.502 e. The number of benzene rings is 2. The fourth-order valence-electron chi connectivity index (χ4n) is 5.69. The van der Waals surface area contributed by atoms with Crippen molar-refractivity contribution in [3.63, 3.8) is 0 Å². The van der Waals surface area contributed by atoms with Gasteiger partial charge in [-0.1, -0.05) is 36.4 Å². The van der Waals surface area contributed by atoms with Gasteiger partial charge in [-0.25, -0.2) is 4.68 Å². The van der Waals surface area contributed by atoms with Gasteiger partial charge in [-0.15, -0.1) is 11.8 Å². The molecule has 7 rings (SSSR count). The number of aromatic hydroxyl groups is 1. The zero-order valence-corrected chi connectivity index (χ0v) is 20.5. The van der Waals surface area contributed by atoms with Crippen LogP contribution >= 0.6 is 11.8 Å². The number of nitrogens with one attached hydrogen (secondary N) is 1. The van der Waals surface area contributed by atoms with E-state index >= 15 is 0 Å². The van der Waals surface area contributed by atoms with Crippen molar-refractivity contribution < 1.29 is 14.6 Å². The molecule has 1 aromatic heterocycles. The van der Waals surface area contributed by atoms with E-state index in [2.05, 4.69) is 40.7 Å². The normalized spacial score (nSPS) is 21.4. The summed E-state index contributed by atoms with van der Waals surface area (Å²) in [6, 6.07) is 16.4. The molecule has 8 nitrogen and oxygen atoms in total.